The van der Waals surface area contributed by atoms with Crippen LogP contribution in [0.15, 0.2) is 97.1 Å². The van der Waals surface area contributed by atoms with E-state index in [-0.39, 0.29) is 12.1 Å². The van der Waals surface area contributed by atoms with Crippen LogP contribution in [-0.4, -0.2) is 49.0 Å². The van der Waals surface area contributed by atoms with E-state index in [1.165, 1.54) is 9.80 Å². The molecular formula is C34H31ClN4O4. The Bertz CT molecular complexity index is 1690. The summed E-state index contributed by atoms with van der Waals surface area (Å²) >= 11 is 6.19. The number of amides is 3. The minimum Gasteiger partial charge on any atom is -0.378 e. The average molecular weight is 595 g/mol. The van der Waals surface area contributed by atoms with Crippen LogP contribution < -0.4 is 15.1 Å². The molecule has 1 heterocycles. The number of benzene rings is 4. The van der Waals surface area contributed by atoms with Crippen LogP contribution in [0.5, 0.6) is 0 Å². The Balaban J connectivity index is 1.55. The Morgan fingerprint density at radius 3 is 2.19 bits per heavy atom. The zero-order chi connectivity index (χ0) is 30.7. The summed E-state index contributed by atoms with van der Waals surface area (Å²) in [6, 6.07) is 27.2. The Kier molecular flexibility index (Phi) is 8.59. The maximum absolute atomic E-state index is 14.2. The lowest BCUT2D eigenvalue weighted by molar-refractivity contribution is -0.139. The zero-order valence-electron chi connectivity index (χ0n) is 24.1. The van der Waals surface area contributed by atoms with E-state index in [1.807, 2.05) is 62.3 Å². The molecule has 1 N–H and O–H groups in total. The lowest BCUT2D eigenvalue weighted by atomic mass is 10.0. The van der Waals surface area contributed by atoms with Gasteiger partial charge in [-0.3, -0.25) is 24.1 Å². The molecule has 9 heteroatoms. The number of rotatable bonds is 9. The number of Topliss-reactive ketones (excluding diaryl/α,β-unsaturated/α-hetero) is 1. The smallest absolute Gasteiger partial charge is 0.299 e. The standard InChI is InChI=1S/C34H31ClN4O4/c1-22-8-4-5-9-24(22)20-39(30(40)21-38-29-11-7-6-10-28(29)32(41)34(38)43)31(23-12-14-25(35)15-13-23)33(42)36-26-16-18-27(19-17-26)37(2)3/h4-19,31H,20-21H2,1-3H3,(H,36,42)/t31-/m0/s1. The van der Waals surface area contributed by atoms with Crippen molar-refractivity contribution in [2.75, 3.05) is 35.8 Å². The summed E-state index contributed by atoms with van der Waals surface area (Å²) in [5.41, 5.74) is 4.46. The number of nitrogens with one attached hydrogen (secondary N) is 1. The molecule has 4 aromatic carbocycles. The van der Waals surface area contributed by atoms with Crippen LogP contribution >= 0.6 is 11.6 Å². The van der Waals surface area contributed by atoms with Gasteiger partial charge < -0.3 is 15.1 Å². The molecule has 43 heavy (non-hydrogen) atoms. The maximum Gasteiger partial charge on any atom is 0.299 e. The second-order valence-corrected chi connectivity index (χ2v) is 11.0. The van der Waals surface area contributed by atoms with Crippen molar-refractivity contribution in [1.82, 2.24) is 4.90 Å². The fourth-order valence-electron chi connectivity index (χ4n) is 5.10. The van der Waals surface area contributed by atoms with Gasteiger partial charge in [0.1, 0.15) is 12.6 Å². The van der Waals surface area contributed by atoms with Crippen LogP contribution in [-0.2, 0) is 20.9 Å². The molecule has 1 aliphatic rings. The van der Waals surface area contributed by atoms with Gasteiger partial charge in [-0.05, 0) is 72.1 Å². The molecule has 1 atom stereocenters. The summed E-state index contributed by atoms with van der Waals surface area (Å²) < 4.78 is 0. The predicted molar refractivity (Wildman–Crippen MR) is 168 cm³/mol. The number of carbonyl (C=O) groups is 4. The van der Waals surface area contributed by atoms with Crippen molar-refractivity contribution in [2.45, 2.75) is 19.5 Å². The number of anilines is 3. The van der Waals surface area contributed by atoms with Crippen molar-refractivity contribution in [3.63, 3.8) is 0 Å². The molecule has 4 aromatic rings. The summed E-state index contributed by atoms with van der Waals surface area (Å²) in [7, 11) is 3.85. The molecule has 3 amide bonds. The van der Waals surface area contributed by atoms with E-state index in [1.54, 1.807) is 60.7 Å². The van der Waals surface area contributed by atoms with Crippen molar-refractivity contribution in [1.29, 1.82) is 0 Å². The minimum absolute atomic E-state index is 0.0867. The van der Waals surface area contributed by atoms with E-state index in [2.05, 4.69) is 5.32 Å². The van der Waals surface area contributed by atoms with Crippen molar-refractivity contribution < 1.29 is 19.2 Å². The van der Waals surface area contributed by atoms with E-state index in [9.17, 15) is 19.2 Å². The van der Waals surface area contributed by atoms with Gasteiger partial charge in [0.25, 0.3) is 17.6 Å². The van der Waals surface area contributed by atoms with Crippen LogP contribution in [0.25, 0.3) is 0 Å². The number of hydrogen-bond donors (Lipinski definition) is 1. The summed E-state index contributed by atoms with van der Waals surface area (Å²) in [6.07, 6.45) is 0. The number of hydrogen-bond acceptors (Lipinski definition) is 5. The molecule has 0 unspecified atom stereocenters. The van der Waals surface area contributed by atoms with Gasteiger partial charge >= 0.3 is 0 Å². The largest absolute Gasteiger partial charge is 0.378 e. The number of fused-ring (bicyclic) bond motifs is 1. The molecule has 0 bridgehead atoms. The lowest BCUT2D eigenvalue weighted by Gasteiger charge is -2.33. The van der Waals surface area contributed by atoms with Gasteiger partial charge in [-0.2, -0.15) is 0 Å². The van der Waals surface area contributed by atoms with E-state index in [0.717, 1.165) is 16.8 Å². The normalized spacial score (nSPS) is 13.0. The summed E-state index contributed by atoms with van der Waals surface area (Å²) in [6.45, 7) is 1.60. The van der Waals surface area contributed by atoms with Crippen LogP contribution in [0, 0.1) is 6.92 Å². The van der Waals surface area contributed by atoms with E-state index < -0.39 is 36.1 Å². The predicted octanol–water partition coefficient (Wildman–Crippen LogP) is 5.65. The molecule has 0 fully saturated rings. The first kappa shape index (κ1) is 29.5. The third-order valence-corrected chi connectivity index (χ3v) is 7.74. The van der Waals surface area contributed by atoms with Gasteiger partial charge in [-0.1, -0.05) is 60.1 Å². The minimum atomic E-state index is -1.08. The zero-order valence-corrected chi connectivity index (χ0v) is 24.8. The van der Waals surface area contributed by atoms with Crippen LogP contribution in [0.1, 0.15) is 33.1 Å². The molecule has 0 radical (unpaired) electrons. The Morgan fingerprint density at radius 1 is 0.860 bits per heavy atom. The number of aryl methyl sites for hydroxylation is 1. The van der Waals surface area contributed by atoms with Crippen LogP contribution in [0.4, 0.5) is 17.1 Å². The molecule has 218 valence electrons. The third kappa shape index (κ3) is 6.29. The molecule has 1 aliphatic heterocycles. The van der Waals surface area contributed by atoms with Gasteiger partial charge in [0.2, 0.25) is 5.91 Å². The van der Waals surface area contributed by atoms with Crippen molar-refractivity contribution in [3.05, 3.63) is 124 Å². The summed E-state index contributed by atoms with van der Waals surface area (Å²) in [4.78, 5) is 58.6. The average Bonchev–Trinajstić information content (AvgIpc) is 3.23. The van der Waals surface area contributed by atoms with Crippen LogP contribution in [0.2, 0.25) is 5.02 Å². The highest BCUT2D eigenvalue weighted by Gasteiger charge is 2.39. The number of carbonyl (C=O) groups excluding carboxylic acids is 4. The maximum atomic E-state index is 14.2. The molecule has 8 nitrogen and oxygen atoms in total. The first-order valence-corrected chi connectivity index (χ1v) is 14.1. The second-order valence-electron chi connectivity index (χ2n) is 10.6. The van der Waals surface area contributed by atoms with E-state index in [4.69, 9.17) is 11.6 Å². The highest BCUT2D eigenvalue weighted by Crippen LogP contribution is 2.31. The molecular weight excluding hydrogens is 564 g/mol. The Morgan fingerprint density at radius 2 is 1.51 bits per heavy atom. The fourth-order valence-corrected chi connectivity index (χ4v) is 5.22. The van der Waals surface area contributed by atoms with Gasteiger partial charge in [0.05, 0.1) is 11.3 Å². The highest BCUT2D eigenvalue weighted by atomic mass is 35.5. The van der Waals surface area contributed by atoms with Crippen LogP contribution in [0.3, 0.4) is 0 Å². The monoisotopic (exact) mass is 594 g/mol. The number of halogens is 1. The molecule has 0 spiro atoms. The highest BCUT2D eigenvalue weighted by molar-refractivity contribution is 6.52. The Labute approximate surface area is 255 Å². The first-order chi connectivity index (χ1) is 20.6. The van der Waals surface area contributed by atoms with Crippen molar-refractivity contribution in [2.24, 2.45) is 0 Å². The van der Waals surface area contributed by atoms with Gasteiger partial charge in [-0.15, -0.1) is 0 Å². The topological polar surface area (TPSA) is 90.0 Å². The molecule has 5 rings (SSSR count). The van der Waals surface area contributed by atoms with Crippen molar-refractivity contribution >= 4 is 52.2 Å². The van der Waals surface area contributed by atoms with Gasteiger partial charge in [-0.25, -0.2) is 0 Å². The molecule has 0 saturated carbocycles. The third-order valence-electron chi connectivity index (χ3n) is 7.49. The Hall–Kier alpha value is -4.95. The number of ketones is 1. The van der Waals surface area contributed by atoms with E-state index >= 15 is 0 Å². The molecule has 0 aromatic heterocycles. The molecule has 0 saturated heterocycles. The molecule has 0 aliphatic carbocycles. The quantitative estimate of drug-likeness (QED) is 0.253. The number of para-hydroxylation sites is 1. The second kappa shape index (κ2) is 12.5. The summed E-state index contributed by atoms with van der Waals surface area (Å²) in [5, 5.41) is 3.45. The lowest BCUT2D eigenvalue weighted by Crippen LogP contribution is -2.46. The van der Waals surface area contributed by atoms with Crippen molar-refractivity contribution in [3.8, 4) is 0 Å². The van der Waals surface area contributed by atoms with E-state index in [0.29, 0.717) is 22.0 Å². The van der Waals surface area contributed by atoms with Gasteiger partial charge in [0, 0.05) is 37.0 Å². The SMILES string of the molecule is Cc1ccccc1CN(C(=O)CN1C(=O)C(=O)c2ccccc21)[C@H](C(=O)Nc1ccc(N(C)C)cc1)c1ccc(Cl)cc1. The summed E-state index contributed by atoms with van der Waals surface area (Å²) in [5.74, 6) is -2.38. The van der Waals surface area contributed by atoms with Gasteiger partial charge in [0.15, 0.2) is 0 Å². The fraction of sp³-hybridized carbons (Fsp3) is 0.176. The first-order valence-electron chi connectivity index (χ1n) is 13.8. The number of nitrogens with zero attached hydrogens (tertiary/aromatic N) is 3.